The number of anilines is 1. The van der Waals surface area contributed by atoms with Crippen molar-refractivity contribution < 1.29 is 9.50 Å². The van der Waals surface area contributed by atoms with Crippen LogP contribution in [0.15, 0.2) is 18.2 Å². The SMILES string of the molecule is CN(C)c1ccc(F)cc1C(O)CBr. The minimum absolute atomic E-state index is 0.328. The molecule has 0 aliphatic carbocycles. The van der Waals surface area contributed by atoms with Gasteiger partial charge in [-0.15, -0.1) is 0 Å². The Balaban J connectivity index is 3.15. The summed E-state index contributed by atoms with van der Waals surface area (Å²) in [5.74, 6) is -0.328. The summed E-state index contributed by atoms with van der Waals surface area (Å²) in [5.41, 5.74) is 1.44. The summed E-state index contributed by atoms with van der Waals surface area (Å²) >= 11 is 3.17. The third kappa shape index (κ3) is 2.45. The minimum atomic E-state index is -0.678. The normalized spacial score (nSPS) is 12.6. The van der Waals surface area contributed by atoms with Gasteiger partial charge >= 0.3 is 0 Å². The number of alkyl halides is 1. The van der Waals surface area contributed by atoms with Crippen LogP contribution in [0, 0.1) is 5.82 Å². The van der Waals surface area contributed by atoms with Gasteiger partial charge in [0.2, 0.25) is 0 Å². The lowest BCUT2D eigenvalue weighted by molar-refractivity contribution is 0.205. The fourth-order valence-corrected chi connectivity index (χ4v) is 1.63. The Morgan fingerprint density at radius 2 is 2.14 bits per heavy atom. The first-order chi connectivity index (χ1) is 6.56. The second-order valence-corrected chi connectivity index (χ2v) is 3.92. The van der Waals surface area contributed by atoms with Crippen molar-refractivity contribution in [2.75, 3.05) is 24.3 Å². The van der Waals surface area contributed by atoms with Crippen molar-refractivity contribution in [3.8, 4) is 0 Å². The molecular weight excluding hydrogens is 249 g/mol. The molecule has 0 aliphatic heterocycles. The van der Waals surface area contributed by atoms with Crippen molar-refractivity contribution in [3.63, 3.8) is 0 Å². The summed E-state index contributed by atoms with van der Waals surface area (Å²) in [6.07, 6.45) is -0.678. The number of nitrogens with zero attached hydrogens (tertiary/aromatic N) is 1. The van der Waals surface area contributed by atoms with Gasteiger partial charge in [-0.3, -0.25) is 0 Å². The average Bonchev–Trinajstić information content (AvgIpc) is 2.16. The summed E-state index contributed by atoms with van der Waals surface area (Å²) in [6.45, 7) is 0. The average molecular weight is 262 g/mol. The molecule has 1 aromatic carbocycles. The van der Waals surface area contributed by atoms with Gasteiger partial charge in [0.15, 0.2) is 0 Å². The number of hydrogen-bond acceptors (Lipinski definition) is 2. The van der Waals surface area contributed by atoms with Crippen LogP contribution in [0.4, 0.5) is 10.1 Å². The van der Waals surface area contributed by atoms with Crippen LogP contribution in [0.3, 0.4) is 0 Å². The first kappa shape index (κ1) is 11.5. The first-order valence-corrected chi connectivity index (χ1v) is 5.39. The topological polar surface area (TPSA) is 23.5 Å². The molecule has 0 radical (unpaired) electrons. The monoisotopic (exact) mass is 261 g/mol. The molecule has 0 amide bonds. The van der Waals surface area contributed by atoms with Crippen LogP contribution < -0.4 is 4.90 Å². The Morgan fingerprint density at radius 1 is 1.50 bits per heavy atom. The summed E-state index contributed by atoms with van der Waals surface area (Å²) in [4.78, 5) is 1.85. The predicted octanol–water partition coefficient (Wildman–Crippen LogP) is 2.32. The number of halogens is 2. The van der Waals surface area contributed by atoms with Crippen LogP contribution in [0.2, 0.25) is 0 Å². The van der Waals surface area contributed by atoms with Gasteiger partial charge < -0.3 is 10.0 Å². The fourth-order valence-electron chi connectivity index (χ4n) is 1.28. The molecular formula is C10H13BrFNO. The van der Waals surface area contributed by atoms with E-state index in [-0.39, 0.29) is 5.82 Å². The lowest BCUT2D eigenvalue weighted by Crippen LogP contribution is -2.13. The van der Waals surface area contributed by atoms with Gasteiger partial charge in [0.05, 0.1) is 6.10 Å². The Labute approximate surface area is 91.5 Å². The smallest absolute Gasteiger partial charge is 0.123 e. The number of hydrogen-bond donors (Lipinski definition) is 1. The quantitative estimate of drug-likeness (QED) is 0.845. The zero-order valence-corrected chi connectivity index (χ0v) is 9.75. The zero-order chi connectivity index (χ0) is 10.7. The van der Waals surface area contributed by atoms with Crippen LogP contribution in [0.25, 0.3) is 0 Å². The van der Waals surface area contributed by atoms with Crippen molar-refractivity contribution in [3.05, 3.63) is 29.6 Å². The molecule has 0 fully saturated rings. The number of rotatable bonds is 3. The molecule has 0 heterocycles. The zero-order valence-electron chi connectivity index (χ0n) is 8.17. The highest BCUT2D eigenvalue weighted by atomic mass is 79.9. The molecule has 0 bridgehead atoms. The first-order valence-electron chi connectivity index (χ1n) is 4.27. The lowest BCUT2D eigenvalue weighted by atomic mass is 10.1. The van der Waals surface area contributed by atoms with E-state index in [2.05, 4.69) is 15.9 Å². The predicted molar refractivity (Wildman–Crippen MR) is 59.5 cm³/mol. The molecule has 1 N–H and O–H groups in total. The van der Waals surface area contributed by atoms with Crippen molar-refractivity contribution in [1.82, 2.24) is 0 Å². The van der Waals surface area contributed by atoms with E-state index in [4.69, 9.17) is 0 Å². The van der Waals surface area contributed by atoms with E-state index in [0.717, 1.165) is 5.69 Å². The van der Waals surface area contributed by atoms with Gasteiger partial charge in [-0.05, 0) is 18.2 Å². The van der Waals surface area contributed by atoms with Crippen molar-refractivity contribution in [2.45, 2.75) is 6.10 Å². The fraction of sp³-hybridized carbons (Fsp3) is 0.400. The molecule has 0 saturated carbocycles. The number of aliphatic hydroxyl groups excluding tert-OH is 1. The second-order valence-electron chi connectivity index (χ2n) is 3.27. The Hall–Kier alpha value is -0.610. The molecule has 1 rings (SSSR count). The maximum Gasteiger partial charge on any atom is 0.123 e. The summed E-state index contributed by atoms with van der Waals surface area (Å²) in [6, 6.07) is 4.41. The van der Waals surface area contributed by atoms with Gasteiger partial charge in [0.1, 0.15) is 5.82 Å². The maximum absolute atomic E-state index is 13.0. The molecule has 0 aromatic heterocycles. The van der Waals surface area contributed by atoms with E-state index in [0.29, 0.717) is 10.9 Å². The van der Waals surface area contributed by atoms with Crippen LogP contribution in [-0.4, -0.2) is 24.5 Å². The molecule has 78 valence electrons. The van der Waals surface area contributed by atoms with Crippen LogP contribution in [0.5, 0.6) is 0 Å². The highest BCUT2D eigenvalue weighted by molar-refractivity contribution is 9.09. The number of benzene rings is 1. The standard InChI is InChI=1S/C10H13BrFNO/c1-13(2)9-4-3-7(12)5-8(9)10(14)6-11/h3-5,10,14H,6H2,1-2H3. The summed E-state index contributed by atoms with van der Waals surface area (Å²) in [7, 11) is 3.72. The molecule has 0 saturated heterocycles. The molecule has 2 nitrogen and oxygen atoms in total. The van der Waals surface area contributed by atoms with E-state index in [9.17, 15) is 9.50 Å². The molecule has 4 heteroatoms. The van der Waals surface area contributed by atoms with Gasteiger partial charge in [0, 0.05) is 30.7 Å². The summed E-state index contributed by atoms with van der Waals surface area (Å²) < 4.78 is 13.0. The minimum Gasteiger partial charge on any atom is -0.387 e. The highest BCUT2D eigenvalue weighted by Gasteiger charge is 2.13. The third-order valence-corrected chi connectivity index (χ3v) is 2.59. The van der Waals surface area contributed by atoms with Gasteiger partial charge in [-0.25, -0.2) is 4.39 Å². The Morgan fingerprint density at radius 3 is 2.64 bits per heavy atom. The van der Waals surface area contributed by atoms with Gasteiger partial charge in [-0.1, -0.05) is 15.9 Å². The largest absolute Gasteiger partial charge is 0.387 e. The van der Waals surface area contributed by atoms with Gasteiger partial charge in [-0.2, -0.15) is 0 Å². The van der Waals surface area contributed by atoms with E-state index >= 15 is 0 Å². The molecule has 1 unspecified atom stereocenters. The van der Waals surface area contributed by atoms with Crippen molar-refractivity contribution >= 4 is 21.6 Å². The van der Waals surface area contributed by atoms with E-state index < -0.39 is 6.10 Å². The van der Waals surface area contributed by atoms with E-state index in [1.165, 1.54) is 12.1 Å². The highest BCUT2D eigenvalue weighted by Crippen LogP contribution is 2.26. The maximum atomic E-state index is 13.0. The molecule has 0 aliphatic rings. The van der Waals surface area contributed by atoms with Crippen LogP contribution in [0.1, 0.15) is 11.7 Å². The Kier molecular flexibility index (Phi) is 3.89. The Bertz CT molecular complexity index is 317. The van der Waals surface area contributed by atoms with Crippen molar-refractivity contribution in [1.29, 1.82) is 0 Å². The lowest BCUT2D eigenvalue weighted by Gasteiger charge is -2.19. The van der Waals surface area contributed by atoms with E-state index in [1.807, 2.05) is 19.0 Å². The van der Waals surface area contributed by atoms with Crippen LogP contribution in [-0.2, 0) is 0 Å². The summed E-state index contributed by atoms with van der Waals surface area (Å²) in [5, 5.41) is 10.0. The molecule has 1 atom stereocenters. The second kappa shape index (κ2) is 4.75. The third-order valence-electron chi connectivity index (χ3n) is 1.98. The van der Waals surface area contributed by atoms with Crippen LogP contribution >= 0.6 is 15.9 Å². The molecule has 0 spiro atoms. The molecule has 1 aromatic rings. The van der Waals surface area contributed by atoms with E-state index in [1.54, 1.807) is 6.07 Å². The van der Waals surface area contributed by atoms with Gasteiger partial charge in [0.25, 0.3) is 0 Å². The number of aliphatic hydroxyl groups is 1. The molecule has 14 heavy (non-hydrogen) atoms. The van der Waals surface area contributed by atoms with Crippen molar-refractivity contribution in [2.24, 2.45) is 0 Å².